The summed E-state index contributed by atoms with van der Waals surface area (Å²) in [5, 5.41) is 0. The molecule has 1 heterocycles. The number of fused-ring (bicyclic) bond motifs is 1. The number of carbonyl (C=O) groups excluding carboxylic acids is 1. The van der Waals surface area contributed by atoms with E-state index in [-0.39, 0.29) is 5.91 Å². The fourth-order valence-electron chi connectivity index (χ4n) is 5.56. The third-order valence-corrected chi connectivity index (χ3v) is 7.80. The molecule has 0 N–H and O–H groups in total. The topological polar surface area (TPSA) is 42.0 Å². The zero-order valence-electron chi connectivity index (χ0n) is 22.9. The van der Waals surface area contributed by atoms with Gasteiger partial charge in [-0.1, -0.05) is 37.6 Å². The lowest BCUT2D eigenvalue weighted by atomic mass is 9.86. The average molecular weight is 491 g/mol. The standard InChI is InChI=1S/C31H42N2O3/c1-21(2)15-24-7-8-27(31(16-24)35-6)20-36-29-11-12-30-22(3)26(10-9-25(30)17-29)18-33-14-13-28(19-33)32(5)23(4)34/h7-8,11-12,16-17,21,28H,9-10,13-15,18-20H2,1-6H3. The van der Waals surface area contributed by atoms with Crippen molar-refractivity contribution in [1.29, 1.82) is 0 Å². The Morgan fingerprint density at radius 1 is 1.17 bits per heavy atom. The number of benzene rings is 2. The largest absolute Gasteiger partial charge is 0.496 e. The second kappa shape index (κ2) is 11.5. The highest BCUT2D eigenvalue weighted by atomic mass is 16.5. The second-order valence-electron chi connectivity index (χ2n) is 10.9. The Labute approximate surface area is 217 Å². The Kier molecular flexibility index (Phi) is 8.40. The third kappa shape index (κ3) is 6.12. The van der Waals surface area contributed by atoms with Crippen LogP contribution < -0.4 is 9.47 Å². The molecule has 194 valence electrons. The first-order chi connectivity index (χ1) is 17.2. The van der Waals surface area contributed by atoms with Crippen LogP contribution in [0.2, 0.25) is 0 Å². The van der Waals surface area contributed by atoms with Crippen LogP contribution in [0.5, 0.6) is 11.5 Å². The van der Waals surface area contributed by atoms with Crippen molar-refractivity contribution in [3.05, 3.63) is 64.2 Å². The number of methoxy groups -OCH3 is 1. The average Bonchev–Trinajstić information content (AvgIpc) is 3.32. The van der Waals surface area contributed by atoms with Crippen LogP contribution in [0.25, 0.3) is 5.57 Å². The van der Waals surface area contributed by atoms with Gasteiger partial charge in [0.05, 0.1) is 7.11 Å². The van der Waals surface area contributed by atoms with Crippen molar-refractivity contribution in [3.63, 3.8) is 0 Å². The van der Waals surface area contributed by atoms with E-state index in [0.29, 0.717) is 18.6 Å². The van der Waals surface area contributed by atoms with Crippen LogP contribution in [-0.2, 0) is 24.2 Å². The van der Waals surface area contributed by atoms with E-state index in [9.17, 15) is 4.79 Å². The van der Waals surface area contributed by atoms with Gasteiger partial charge in [-0.25, -0.2) is 0 Å². The molecule has 1 amide bonds. The zero-order valence-corrected chi connectivity index (χ0v) is 22.9. The van der Waals surface area contributed by atoms with E-state index in [1.165, 1.54) is 27.8 Å². The van der Waals surface area contributed by atoms with Gasteiger partial charge in [0.25, 0.3) is 0 Å². The molecule has 0 saturated carbocycles. The summed E-state index contributed by atoms with van der Waals surface area (Å²) < 4.78 is 11.9. The lowest BCUT2D eigenvalue weighted by Gasteiger charge is -2.27. The minimum atomic E-state index is 0.156. The van der Waals surface area contributed by atoms with Crippen molar-refractivity contribution in [3.8, 4) is 11.5 Å². The minimum absolute atomic E-state index is 0.156. The molecule has 2 aromatic carbocycles. The fraction of sp³-hybridized carbons (Fsp3) is 0.516. The molecule has 1 fully saturated rings. The highest BCUT2D eigenvalue weighted by molar-refractivity contribution is 5.73. The van der Waals surface area contributed by atoms with Gasteiger partial charge in [0.1, 0.15) is 18.1 Å². The Bertz CT molecular complexity index is 1120. The predicted octanol–water partition coefficient (Wildman–Crippen LogP) is 5.75. The first-order valence-electron chi connectivity index (χ1n) is 13.3. The number of amides is 1. The summed E-state index contributed by atoms with van der Waals surface area (Å²) in [5.41, 5.74) is 8.00. The molecule has 5 heteroatoms. The van der Waals surface area contributed by atoms with Gasteiger partial charge in [-0.05, 0) is 79.0 Å². The van der Waals surface area contributed by atoms with Crippen molar-refractivity contribution in [2.24, 2.45) is 5.92 Å². The van der Waals surface area contributed by atoms with Crippen LogP contribution in [0.1, 0.15) is 62.8 Å². The number of hydrogen-bond donors (Lipinski definition) is 0. The molecule has 1 atom stereocenters. The number of rotatable bonds is 9. The van der Waals surface area contributed by atoms with Gasteiger partial charge >= 0.3 is 0 Å². The van der Waals surface area contributed by atoms with E-state index in [2.05, 4.69) is 62.1 Å². The van der Waals surface area contributed by atoms with Crippen molar-refractivity contribution >= 4 is 11.5 Å². The number of nitrogens with zero attached hydrogens (tertiary/aromatic N) is 2. The normalized spacial score (nSPS) is 17.9. The molecular weight excluding hydrogens is 448 g/mol. The maximum atomic E-state index is 11.7. The molecule has 1 aliphatic heterocycles. The lowest BCUT2D eigenvalue weighted by Crippen LogP contribution is -2.38. The molecule has 0 radical (unpaired) electrons. The van der Waals surface area contributed by atoms with E-state index in [4.69, 9.17) is 9.47 Å². The number of hydrogen-bond acceptors (Lipinski definition) is 4. The monoisotopic (exact) mass is 490 g/mol. The number of allylic oxidation sites excluding steroid dienone is 1. The van der Waals surface area contributed by atoms with Crippen LogP contribution in [0, 0.1) is 5.92 Å². The number of likely N-dealkylation sites (tertiary alicyclic amines) is 1. The van der Waals surface area contributed by atoms with Crippen LogP contribution in [0.3, 0.4) is 0 Å². The Hall–Kier alpha value is -2.79. The molecule has 1 aliphatic carbocycles. The van der Waals surface area contributed by atoms with Crippen molar-refractivity contribution in [1.82, 2.24) is 9.80 Å². The van der Waals surface area contributed by atoms with Gasteiger partial charge in [0, 0.05) is 45.2 Å². The summed E-state index contributed by atoms with van der Waals surface area (Å²) >= 11 is 0. The molecule has 2 aromatic rings. The highest BCUT2D eigenvalue weighted by Crippen LogP contribution is 2.34. The maximum absolute atomic E-state index is 11.7. The molecule has 0 bridgehead atoms. The quantitative estimate of drug-likeness (QED) is 0.449. The summed E-state index contributed by atoms with van der Waals surface area (Å²) in [4.78, 5) is 16.1. The summed E-state index contributed by atoms with van der Waals surface area (Å²) in [6.45, 7) is 11.9. The highest BCUT2D eigenvalue weighted by Gasteiger charge is 2.28. The first kappa shape index (κ1) is 26.3. The van der Waals surface area contributed by atoms with Crippen LogP contribution in [0.15, 0.2) is 42.0 Å². The van der Waals surface area contributed by atoms with E-state index in [1.807, 2.05) is 11.9 Å². The van der Waals surface area contributed by atoms with Crippen molar-refractivity contribution < 1.29 is 14.3 Å². The van der Waals surface area contributed by atoms with Crippen LogP contribution in [-0.4, -0.2) is 55.5 Å². The second-order valence-corrected chi connectivity index (χ2v) is 10.9. The van der Waals surface area contributed by atoms with Gasteiger partial charge < -0.3 is 14.4 Å². The van der Waals surface area contributed by atoms with Crippen LogP contribution in [0.4, 0.5) is 0 Å². The van der Waals surface area contributed by atoms with Gasteiger partial charge in [-0.15, -0.1) is 0 Å². The smallest absolute Gasteiger partial charge is 0.219 e. The Balaban J connectivity index is 1.40. The Morgan fingerprint density at radius 2 is 1.97 bits per heavy atom. The molecule has 0 aromatic heterocycles. The van der Waals surface area contributed by atoms with Gasteiger partial charge in [-0.3, -0.25) is 9.69 Å². The molecule has 1 saturated heterocycles. The maximum Gasteiger partial charge on any atom is 0.219 e. The summed E-state index contributed by atoms with van der Waals surface area (Å²) in [6, 6.07) is 13.3. The third-order valence-electron chi connectivity index (χ3n) is 7.80. The van der Waals surface area contributed by atoms with Crippen molar-refractivity contribution in [2.45, 2.75) is 66.0 Å². The molecule has 1 unspecified atom stereocenters. The molecule has 0 spiro atoms. The lowest BCUT2D eigenvalue weighted by molar-refractivity contribution is -0.129. The van der Waals surface area contributed by atoms with Crippen LogP contribution >= 0.6 is 0 Å². The molecule has 2 aliphatic rings. The predicted molar refractivity (Wildman–Crippen MR) is 147 cm³/mol. The minimum Gasteiger partial charge on any atom is -0.496 e. The van der Waals surface area contributed by atoms with E-state index < -0.39 is 0 Å². The number of aryl methyl sites for hydroxylation is 1. The number of carbonyl (C=O) groups is 1. The first-order valence-corrected chi connectivity index (χ1v) is 13.3. The SMILES string of the molecule is COc1cc(CC(C)C)ccc1COc1ccc2c(c1)CCC(CN1CCC(N(C)C(C)=O)C1)=C2C. The Morgan fingerprint density at radius 3 is 2.69 bits per heavy atom. The zero-order chi connectivity index (χ0) is 25.8. The van der Waals surface area contributed by atoms with E-state index >= 15 is 0 Å². The fourth-order valence-corrected chi connectivity index (χ4v) is 5.56. The van der Waals surface area contributed by atoms with Gasteiger partial charge in [0.15, 0.2) is 0 Å². The van der Waals surface area contributed by atoms with Gasteiger partial charge in [-0.2, -0.15) is 0 Å². The van der Waals surface area contributed by atoms with E-state index in [0.717, 1.165) is 62.4 Å². The molecule has 36 heavy (non-hydrogen) atoms. The molecule has 5 nitrogen and oxygen atoms in total. The van der Waals surface area contributed by atoms with Gasteiger partial charge in [0.2, 0.25) is 5.91 Å². The summed E-state index contributed by atoms with van der Waals surface area (Å²) in [6.07, 6.45) is 4.23. The molecular formula is C31H42N2O3. The van der Waals surface area contributed by atoms with E-state index in [1.54, 1.807) is 14.0 Å². The number of likely N-dealkylation sites (N-methyl/N-ethyl adjacent to an activating group) is 1. The van der Waals surface area contributed by atoms with Crippen molar-refractivity contribution in [2.75, 3.05) is 33.8 Å². The summed E-state index contributed by atoms with van der Waals surface area (Å²) in [5.74, 6) is 2.58. The number of ether oxygens (including phenoxy) is 2. The molecule has 4 rings (SSSR count). The summed E-state index contributed by atoms with van der Waals surface area (Å²) in [7, 11) is 3.66.